The van der Waals surface area contributed by atoms with Crippen LogP contribution in [-0.2, 0) is 6.42 Å². The van der Waals surface area contributed by atoms with Gasteiger partial charge >= 0.3 is 0 Å². The van der Waals surface area contributed by atoms with Crippen molar-refractivity contribution >= 4 is 67.2 Å². The molecule has 0 saturated carbocycles. The lowest BCUT2D eigenvalue weighted by Gasteiger charge is -2.30. The first-order valence-corrected chi connectivity index (χ1v) is 20.8. The zero-order chi connectivity index (χ0) is 40.0. The molecule has 0 N–H and O–H groups in total. The highest BCUT2D eigenvalue weighted by Crippen LogP contribution is 2.46. The largest absolute Gasteiger partial charge is 0.456 e. The third kappa shape index (κ3) is 6.23. The molecule has 3 nitrogen and oxygen atoms in total. The fourth-order valence-electron chi connectivity index (χ4n) is 9.14. The van der Waals surface area contributed by atoms with Gasteiger partial charge in [0.2, 0.25) is 0 Å². The average Bonchev–Trinajstić information content (AvgIpc) is 3.70. The molecule has 0 unspecified atom stereocenters. The number of hydrogen-bond donors (Lipinski definition) is 0. The monoisotopic (exact) mass is 770 g/mol. The van der Waals surface area contributed by atoms with Crippen molar-refractivity contribution in [3.8, 4) is 33.4 Å². The van der Waals surface area contributed by atoms with Crippen LogP contribution in [-0.4, -0.2) is 7.05 Å². The SMILES string of the molecule is CN(c1ccc2c(c1)oc1ccccc12)c1ccccc1-c1ccc(-c2ccccc2-c2ccccc2N(c2ccc3c(c2)CCC=C3)c2cccc3ccccc23)cc1. The van der Waals surface area contributed by atoms with Gasteiger partial charge in [0.1, 0.15) is 11.2 Å². The second kappa shape index (κ2) is 15.0. The number of fused-ring (bicyclic) bond motifs is 5. The maximum Gasteiger partial charge on any atom is 0.137 e. The maximum atomic E-state index is 6.26. The molecule has 1 aromatic heterocycles. The number of anilines is 5. The molecule has 0 spiro atoms. The molecule has 0 radical (unpaired) electrons. The summed E-state index contributed by atoms with van der Waals surface area (Å²) in [5.41, 5.74) is 17.2. The number of hydrogen-bond acceptors (Lipinski definition) is 3. The van der Waals surface area contributed by atoms with Crippen molar-refractivity contribution in [3.05, 3.63) is 217 Å². The molecule has 0 aliphatic heterocycles. The molecule has 0 bridgehead atoms. The Morgan fingerprint density at radius 2 is 1.05 bits per heavy atom. The van der Waals surface area contributed by atoms with Gasteiger partial charge in [-0.2, -0.15) is 0 Å². The molecule has 3 heteroatoms. The minimum Gasteiger partial charge on any atom is -0.456 e. The predicted molar refractivity (Wildman–Crippen MR) is 254 cm³/mol. The van der Waals surface area contributed by atoms with Crippen LogP contribution >= 0.6 is 0 Å². The predicted octanol–water partition coefficient (Wildman–Crippen LogP) is 15.9. The molecule has 286 valence electrons. The third-order valence-corrected chi connectivity index (χ3v) is 12.2. The molecule has 0 saturated heterocycles. The van der Waals surface area contributed by atoms with Gasteiger partial charge in [0.15, 0.2) is 0 Å². The summed E-state index contributed by atoms with van der Waals surface area (Å²) < 4.78 is 6.26. The van der Waals surface area contributed by atoms with Gasteiger partial charge in [-0.05, 0) is 100 Å². The lowest BCUT2D eigenvalue weighted by atomic mass is 9.91. The van der Waals surface area contributed by atoms with Crippen LogP contribution in [0.3, 0.4) is 0 Å². The molecule has 11 rings (SSSR count). The number of para-hydroxylation sites is 3. The summed E-state index contributed by atoms with van der Waals surface area (Å²) >= 11 is 0. The lowest BCUT2D eigenvalue weighted by molar-refractivity contribution is 0.669. The van der Waals surface area contributed by atoms with Crippen molar-refractivity contribution in [3.63, 3.8) is 0 Å². The van der Waals surface area contributed by atoms with Crippen molar-refractivity contribution in [2.75, 3.05) is 16.8 Å². The quantitative estimate of drug-likeness (QED) is 0.153. The van der Waals surface area contributed by atoms with E-state index in [-0.39, 0.29) is 0 Å². The van der Waals surface area contributed by atoms with E-state index < -0.39 is 0 Å². The number of benzene rings is 9. The van der Waals surface area contributed by atoms with Crippen molar-refractivity contribution in [1.29, 1.82) is 0 Å². The summed E-state index contributed by atoms with van der Waals surface area (Å²) in [6, 6.07) is 72.5. The Hall–Kier alpha value is -7.62. The minimum atomic E-state index is 0.892. The van der Waals surface area contributed by atoms with E-state index in [0.29, 0.717) is 0 Å². The van der Waals surface area contributed by atoms with Crippen LogP contribution in [0, 0.1) is 0 Å². The van der Waals surface area contributed by atoms with E-state index in [1.54, 1.807) is 0 Å². The summed E-state index contributed by atoms with van der Waals surface area (Å²) in [5, 5.41) is 4.71. The average molecular weight is 771 g/mol. The summed E-state index contributed by atoms with van der Waals surface area (Å²) in [7, 11) is 2.13. The Balaban J connectivity index is 0.981. The molecule has 1 heterocycles. The van der Waals surface area contributed by atoms with E-state index >= 15 is 0 Å². The van der Waals surface area contributed by atoms with Crippen LogP contribution in [0.1, 0.15) is 17.5 Å². The molecule has 1 aliphatic rings. The fraction of sp³-hybridized carbons (Fsp3) is 0.0526. The van der Waals surface area contributed by atoms with Gasteiger partial charge in [0.25, 0.3) is 0 Å². The maximum absolute atomic E-state index is 6.26. The number of nitrogens with zero attached hydrogens (tertiary/aromatic N) is 2. The summed E-state index contributed by atoms with van der Waals surface area (Å²) in [4.78, 5) is 4.72. The zero-order valence-electron chi connectivity index (χ0n) is 33.4. The van der Waals surface area contributed by atoms with Crippen LogP contribution in [0.5, 0.6) is 0 Å². The number of allylic oxidation sites excluding steroid dienone is 1. The van der Waals surface area contributed by atoms with Crippen LogP contribution in [0.25, 0.3) is 72.2 Å². The van der Waals surface area contributed by atoms with Crippen molar-refractivity contribution in [2.24, 2.45) is 0 Å². The van der Waals surface area contributed by atoms with Gasteiger partial charge in [-0.3, -0.25) is 0 Å². The highest BCUT2D eigenvalue weighted by Gasteiger charge is 2.22. The molecular weight excluding hydrogens is 729 g/mol. The highest BCUT2D eigenvalue weighted by atomic mass is 16.3. The van der Waals surface area contributed by atoms with E-state index in [9.17, 15) is 0 Å². The van der Waals surface area contributed by atoms with E-state index in [2.05, 4.69) is 217 Å². The Labute approximate surface area is 350 Å². The van der Waals surface area contributed by atoms with E-state index in [0.717, 1.165) is 68.8 Å². The molecule has 1 aliphatic carbocycles. The Bertz CT molecular complexity index is 3240. The lowest BCUT2D eigenvalue weighted by Crippen LogP contribution is -2.12. The first-order chi connectivity index (χ1) is 29.7. The number of furan rings is 1. The molecule has 10 aromatic rings. The first kappa shape index (κ1) is 35.5. The summed E-state index contributed by atoms with van der Waals surface area (Å²) in [6.07, 6.45) is 6.66. The molecule has 0 atom stereocenters. The zero-order valence-corrected chi connectivity index (χ0v) is 33.4. The second-order valence-corrected chi connectivity index (χ2v) is 15.7. The third-order valence-electron chi connectivity index (χ3n) is 12.2. The van der Waals surface area contributed by atoms with Gasteiger partial charge in [-0.15, -0.1) is 0 Å². The molecule has 0 fully saturated rings. The Kier molecular flexibility index (Phi) is 8.86. The van der Waals surface area contributed by atoms with Crippen LogP contribution < -0.4 is 9.80 Å². The van der Waals surface area contributed by atoms with Crippen LogP contribution in [0.2, 0.25) is 0 Å². The molecule has 0 amide bonds. The first-order valence-electron chi connectivity index (χ1n) is 20.8. The van der Waals surface area contributed by atoms with E-state index in [1.165, 1.54) is 49.7 Å². The van der Waals surface area contributed by atoms with Crippen molar-refractivity contribution in [1.82, 2.24) is 0 Å². The Morgan fingerprint density at radius 1 is 0.433 bits per heavy atom. The normalized spacial score (nSPS) is 12.2. The van der Waals surface area contributed by atoms with Gasteiger partial charge in [-0.25, -0.2) is 0 Å². The van der Waals surface area contributed by atoms with Gasteiger partial charge < -0.3 is 14.2 Å². The fourth-order valence-corrected chi connectivity index (χ4v) is 9.14. The topological polar surface area (TPSA) is 19.6 Å². The van der Waals surface area contributed by atoms with Crippen LogP contribution in [0.15, 0.2) is 211 Å². The van der Waals surface area contributed by atoms with Crippen molar-refractivity contribution in [2.45, 2.75) is 12.8 Å². The summed E-state index contributed by atoms with van der Waals surface area (Å²) in [5.74, 6) is 0. The Morgan fingerprint density at radius 3 is 1.90 bits per heavy atom. The minimum absolute atomic E-state index is 0.892. The number of aryl methyl sites for hydroxylation is 1. The number of rotatable bonds is 8. The van der Waals surface area contributed by atoms with Gasteiger partial charge in [-0.1, -0.05) is 158 Å². The summed E-state index contributed by atoms with van der Waals surface area (Å²) in [6.45, 7) is 0. The van der Waals surface area contributed by atoms with E-state index in [1.807, 2.05) is 12.1 Å². The molecule has 9 aromatic carbocycles. The van der Waals surface area contributed by atoms with Gasteiger partial charge in [0, 0.05) is 57.5 Å². The van der Waals surface area contributed by atoms with Gasteiger partial charge in [0.05, 0.1) is 11.4 Å². The standard InChI is InChI=1S/C57H42N2O/c1-58(44-35-36-52-51-24-10-13-28-56(51)60-57(52)38-44)53-25-11-8-20-47(53)42-31-29-41(30-32-42)46-19-6-7-22-49(46)50-23-9-12-26-55(50)59(45-34-33-39-15-2-3-17-43(39)37-45)54-27-14-18-40-16-4-5-21-48(40)54/h2,4-16,18-38H,3,17H2,1H3. The van der Waals surface area contributed by atoms with Crippen LogP contribution in [0.4, 0.5) is 28.4 Å². The molecule has 60 heavy (non-hydrogen) atoms. The highest BCUT2D eigenvalue weighted by molar-refractivity contribution is 6.06. The smallest absolute Gasteiger partial charge is 0.137 e. The van der Waals surface area contributed by atoms with E-state index in [4.69, 9.17) is 4.42 Å². The second-order valence-electron chi connectivity index (χ2n) is 15.7. The molecular formula is C57H42N2O. The van der Waals surface area contributed by atoms with Crippen molar-refractivity contribution < 1.29 is 4.42 Å².